The van der Waals surface area contributed by atoms with Gasteiger partial charge in [0.05, 0.1) is 0 Å². The number of nitrogens with zero attached hydrogens (tertiary/aromatic N) is 1. The lowest BCUT2D eigenvalue weighted by Gasteiger charge is -2.41. The summed E-state index contributed by atoms with van der Waals surface area (Å²) in [6.45, 7) is 2.19. The molecule has 3 rings (SSSR count). The molecule has 0 unspecified atom stereocenters. The zero-order chi connectivity index (χ0) is 16.3. The standard InChI is InChI=1S/C18H25FN2O2/c19-16-7-2-6-15(10-16)11-20-13-18(23)8-3-9-21(17(18)22)12-14-4-1-5-14/h2,6-7,10,14,20,23H,1,3-5,8-9,11-13H2/t18-/m0/s1. The van der Waals surface area contributed by atoms with Crippen LogP contribution in [0.3, 0.4) is 0 Å². The molecule has 4 nitrogen and oxygen atoms in total. The average molecular weight is 320 g/mol. The van der Waals surface area contributed by atoms with Gasteiger partial charge in [-0.25, -0.2) is 4.39 Å². The Hall–Kier alpha value is -1.46. The zero-order valence-corrected chi connectivity index (χ0v) is 13.4. The molecule has 2 aliphatic rings. The van der Waals surface area contributed by atoms with E-state index < -0.39 is 5.60 Å². The summed E-state index contributed by atoms with van der Waals surface area (Å²) in [6, 6.07) is 6.35. The summed E-state index contributed by atoms with van der Waals surface area (Å²) < 4.78 is 13.2. The van der Waals surface area contributed by atoms with Crippen molar-refractivity contribution >= 4 is 5.91 Å². The third-order valence-corrected chi connectivity index (χ3v) is 5.04. The normalized spacial score (nSPS) is 25.5. The fourth-order valence-corrected chi connectivity index (χ4v) is 3.45. The van der Waals surface area contributed by atoms with Crippen LogP contribution in [0.15, 0.2) is 24.3 Å². The third kappa shape index (κ3) is 3.90. The van der Waals surface area contributed by atoms with Crippen LogP contribution >= 0.6 is 0 Å². The summed E-state index contributed by atoms with van der Waals surface area (Å²) in [7, 11) is 0. The Labute approximate surface area is 136 Å². The van der Waals surface area contributed by atoms with Gasteiger partial charge in [-0.3, -0.25) is 4.79 Å². The van der Waals surface area contributed by atoms with Crippen LogP contribution in [-0.2, 0) is 11.3 Å². The Kier molecular flexibility index (Phi) is 4.97. The lowest BCUT2D eigenvalue weighted by molar-refractivity contribution is -0.157. The summed E-state index contributed by atoms with van der Waals surface area (Å²) in [5, 5.41) is 13.8. The molecule has 1 aromatic carbocycles. The number of piperidine rings is 1. The highest BCUT2D eigenvalue weighted by Crippen LogP contribution is 2.30. The first-order valence-electron chi connectivity index (χ1n) is 8.54. The van der Waals surface area contributed by atoms with Crippen LogP contribution in [-0.4, -0.2) is 41.1 Å². The number of benzene rings is 1. The number of aliphatic hydroxyl groups is 1. The fraction of sp³-hybridized carbons (Fsp3) is 0.611. The summed E-state index contributed by atoms with van der Waals surface area (Å²) >= 11 is 0. The molecule has 1 saturated heterocycles. The van der Waals surface area contributed by atoms with Crippen molar-refractivity contribution in [2.45, 2.75) is 44.2 Å². The van der Waals surface area contributed by atoms with Gasteiger partial charge in [0, 0.05) is 26.2 Å². The Morgan fingerprint density at radius 1 is 1.35 bits per heavy atom. The van der Waals surface area contributed by atoms with E-state index in [2.05, 4.69) is 5.32 Å². The molecule has 5 heteroatoms. The van der Waals surface area contributed by atoms with Crippen LogP contribution < -0.4 is 5.32 Å². The van der Waals surface area contributed by atoms with Gasteiger partial charge in [-0.05, 0) is 49.3 Å². The van der Waals surface area contributed by atoms with Crippen LogP contribution in [0.4, 0.5) is 4.39 Å². The maximum absolute atomic E-state index is 13.2. The zero-order valence-electron chi connectivity index (χ0n) is 13.4. The van der Waals surface area contributed by atoms with Gasteiger partial charge in [0.1, 0.15) is 5.82 Å². The molecule has 1 saturated carbocycles. The number of carbonyl (C=O) groups excluding carboxylic acids is 1. The number of hydrogen-bond acceptors (Lipinski definition) is 3. The van der Waals surface area contributed by atoms with Crippen LogP contribution in [0.25, 0.3) is 0 Å². The van der Waals surface area contributed by atoms with Crippen molar-refractivity contribution in [2.75, 3.05) is 19.6 Å². The first-order chi connectivity index (χ1) is 11.1. The van der Waals surface area contributed by atoms with Crippen molar-refractivity contribution in [3.63, 3.8) is 0 Å². The summed E-state index contributed by atoms with van der Waals surface area (Å²) in [4.78, 5) is 14.4. The van der Waals surface area contributed by atoms with Gasteiger partial charge < -0.3 is 15.3 Å². The van der Waals surface area contributed by atoms with E-state index in [1.54, 1.807) is 6.07 Å². The number of nitrogens with one attached hydrogen (secondary N) is 1. The first kappa shape index (κ1) is 16.4. The lowest BCUT2D eigenvalue weighted by Crippen LogP contribution is -2.58. The molecule has 1 atom stereocenters. The molecule has 23 heavy (non-hydrogen) atoms. The Morgan fingerprint density at radius 3 is 2.87 bits per heavy atom. The van der Waals surface area contributed by atoms with Crippen LogP contribution in [0.5, 0.6) is 0 Å². The van der Waals surface area contributed by atoms with E-state index in [0.29, 0.717) is 18.9 Å². The number of rotatable bonds is 6. The molecule has 2 N–H and O–H groups in total. The SMILES string of the molecule is O=C1N(CC2CCC2)CCC[C@]1(O)CNCc1cccc(F)c1. The second kappa shape index (κ2) is 6.97. The van der Waals surface area contributed by atoms with E-state index in [0.717, 1.165) is 25.1 Å². The molecule has 1 aromatic rings. The highest BCUT2D eigenvalue weighted by atomic mass is 19.1. The highest BCUT2D eigenvalue weighted by Gasteiger charge is 2.42. The predicted molar refractivity (Wildman–Crippen MR) is 86.2 cm³/mol. The first-order valence-corrected chi connectivity index (χ1v) is 8.54. The van der Waals surface area contributed by atoms with Gasteiger partial charge >= 0.3 is 0 Å². The van der Waals surface area contributed by atoms with E-state index in [9.17, 15) is 14.3 Å². The molecule has 2 fully saturated rings. The number of carbonyl (C=O) groups is 1. The van der Waals surface area contributed by atoms with Crippen molar-refractivity contribution in [3.8, 4) is 0 Å². The second-order valence-corrected chi connectivity index (χ2v) is 6.92. The van der Waals surface area contributed by atoms with Crippen molar-refractivity contribution < 1.29 is 14.3 Å². The van der Waals surface area contributed by atoms with Crippen molar-refractivity contribution in [3.05, 3.63) is 35.6 Å². The summed E-state index contributed by atoms with van der Waals surface area (Å²) in [5.74, 6) is 0.187. The van der Waals surface area contributed by atoms with Gasteiger partial charge in [0.2, 0.25) is 0 Å². The second-order valence-electron chi connectivity index (χ2n) is 6.92. The van der Waals surface area contributed by atoms with Gasteiger partial charge in [-0.2, -0.15) is 0 Å². The summed E-state index contributed by atoms with van der Waals surface area (Å²) in [5.41, 5.74) is -0.516. The molecule has 0 bridgehead atoms. The molecular formula is C18H25FN2O2. The Balaban J connectivity index is 1.53. The number of halogens is 1. The quantitative estimate of drug-likeness (QED) is 0.844. The topological polar surface area (TPSA) is 52.6 Å². The third-order valence-electron chi connectivity index (χ3n) is 5.04. The van der Waals surface area contributed by atoms with Gasteiger partial charge in [-0.1, -0.05) is 18.6 Å². The fourth-order valence-electron chi connectivity index (χ4n) is 3.45. The van der Waals surface area contributed by atoms with Crippen LogP contribution in [0.2, 0.25) is 0 Å². The van der Waals surface area contributed by atoms with Gasteiger partial charge in [0.25, 0.3) is 5.91 Å². The van der Waals surface area contributed by atoms with E-state index in [1.807, 2.05) is 11.0 Å². The maximum atomic E-state index is 13.2. The smallest absolute Gasteiger partial charge is 0.255 e. The van der Waals surface area contributed by atoms with E-state index in [-0.39, 0.29) is 18.3 Å². The highest BCUT2D eigenvalue weighted by molar-refractivity contribution is 5.86. The molecule has 0 radical (unpaired) electrons. The molecule has 1 aliphatic carbocycles. The Bertz CT molecular complexity index is 562. The monoisotopic (exact) mass is 320 g/mol. The molecule has 126 valence electrons. The molecule has 1 amide bonds. The average Bonchev–Trinajstić information content (AvgIpc) is 2.47. The van der Waals surface area contributed by atoms with Crippen molar-refractivity contribution in [2.24, 2.45) is 5.92 Å². The predicted octanol–water partition coefficient (Wildman–Crippen LogP) is 2.07. The van der Waals surface area contributed by atoms with E-state index in [4.69, 9.17) is 0 Å². The molecule has 1 aliphatic heterocycles. The minimum Gasteiger partial charge on any atom is -0.379 e. The molecule has 0 aromatic heterocycles. The maximum Gasteiger partial charge on any atom is 0.255 e. The number of amides is 1. The minimum absolute atomic E-state index is 0.151. The Morgan fingerprint density at radius 2 is 2.17 bits per heavy atom. The van der Waals surface area contributed by atoms with Crippen LogP contribution in [0, 0.1) is 11.7 Å². The largest absolute Gasteiger partial charge is 0.379 e. The summed E-state index contributed by atoms with van der Waals surface area (Å²) in [6.07, 6.45) is 4.96. The molecule has 0 spiro atoms. The van der Waals surface area contributed by atoms with Gasteiger partial charge in [-0.15, -0.1) is 0 Å². The van der Waals surface area contributed by atoms with Crippen LogP contribution in [0.1, 0.15) is 37.7 Å². The molecular weight excluding hydrogens is 295 g/mol. The molecule has 1 heterocycles. The van der Waals surface area contributed by atoms with E-state index >= 15 is 0 Å². The minimum atomic E-state index is -1.32. The number of hydrogen-bond donors (Lipinski definition) is 2. The van der Waals surface area contributed by atoms with Gasteiger partial charge in [0.15, 0.2) is 5.60 Å². The lowest BCUT2D eigenvalue weighted by atomic mass is 9.83. The van der Waals surface area contributed by atoms with E-state index in [1.165, 1.54) is 31.4 Å². The van der Waals surface area contributed by atoms with Crippen molar-refractivity contribution in [1.29, 1.82) is 0 Å². The van der Waals surface area contributed by atoms with Crippen molar-refractivity contribution in [1.82, 2.24) is 10.2 Å². The number of likely N-dealkylation sites (tertiary alicyclic amines) is 1.